The Kier molecular flexibility index (Phi) is 6.86. The molecule has 0 saturated carbocycles. The second-order valence-electron chi connectivity index (χ2n) is 10.0. The summed E-state index contributed by atoms with van der Waals surface area (Å²) in [6.45, 7) is 5.77. The predicted octanol–water partition coefficient (Wildman–Crippen LogP) is 4.33. The van der Waals surface area contributed by atoms with E-state index in [1.165, 1.54) is 37.0 Å². The molecule has 1 amide bonds. The molecule has 1 aliphatic heterocycles. The van der Waals surface area contributed by atoms with E-state index < -0.39 is 29.4 Å². The van der Waals surface area contributed by atoms with Crippen molar-refractivity contribution in [3.63, 3.8) is 0 Å². The summed E-state index contributed by atoms with van der Waals surface area (Å²) >= 11 is 0. The van der Waals surface area contributed by atoms with Gasteiger partial charge >= 0.3 is 6.36 Å². The molecule has 1 atom stereocenters. The first-order valence-electron chi connectivity index (χ1n) is 12.4. The van der Waals surface area contributed by atoms with Crippen LogP contribution in [0.2, 0.25) is 0 Å². The number of fused-ring (bicyclic) bond motifs is 1. The van der Waals surface area contributed by atoms with Gasteiger partial charge in [0.05, 0.1) is 5.39 Å². The highest BCUT2D eigenvalue weighted by atomic mass is 19.4. The summed E-state index contributed by atoms with van der Waals surface area (Å²) in [7, 11) is 0. The SMILES string of the molecule is CC1CN(c2ncnc3c2c(-c2ccccc2F)cn3-c2cc(OC(F)(F)F)ccn2)CCN1C(=O)C(C)(C)O. The fraction of sp³-hybridized carbons (Fsp3) is 0.333. The Morgan fingerprint density at radius 1 is 1.07 bits per heavy atom. The van der Waals surface area contributed by atoms with Gasteiger partial charge in [0.2, 0.25) is 0 Å². The van der Waals surface area contributed by atoms with Crippen molar-refractivity contribution < 1.29 is 32.2 Å². The summed E-state index contributed by atoms with van der Waals surface area (Å²) in [6, 6.07) is 8.03. The van der Waals surface area contributed by atoms with Crippen LogP contribution in [0.3, 0.4) is 0 Å². The number of ether oxygens (including phenoxy) is 1. The maximum atomic E-state index is 15.1. The van der Waals surface area contributed by atoms with Gasteiger partial charge in [0.1, 0.15) is 35.1 Å². The number of hydrogen-bond acceptors (Lipinski definition) is 7. The Morgan fingerprint density at radius 3 is 2.50 bits per heavy atom. The van der Waals surface area contributed by atoms with E-state index in [4.69, 9.17) is 0 Å². The maximum Gasteiger partial charge on any atom is 0.573 e. The standard InChI is InChI=1S/C27H26F4N6O3/c1-16-13-35(10-11-36(16)25(38)26(2,3)39)23-22-19(18-6-4-5-7-20(18)28)14-37(24(22)34-15-33-23)21-12-17(8-9-32-21)40-27(29,30)31/h4-9,12,14-16,39H,10-11,13H2,1-3H3. The third kappa shape index (κ3) is 5.28. The van der Waals surface area contributed by atoms with Crippen LogP contribution in [-0.4, -0.2) is 73.1 Å². The molecule has 0 bridgehead atoms. The molecule has 13 heteroatoms. The molecule has 0 radical (unpaired) electrons. The van der Waals surface area contributed by atoms with Crippen molar-refractivity contribution in [1.82, 2.24) is 24.4 Å². The normalized spacial score (nSPS) is 16.4. The molecule has 1 fully saturated rings. The van der Waals surface area contributed by atoms with E-state index in [-0.39, 0.29) is 17.4 Å². The van der Waals surface area contributed by atoms with Crippen LogP contribution in [0, 0.1) is 5.82 Å². The number of pyridine rings is 1. The molecule has 210 valence electrons. The van der Waals surface area contributed by atoms with Gasteiger partial charge < -0.3 is 19.6 Å². The number of piperazine rings is 1. The molecule has 3 aromatic heterocycles. The van der Waals surface area contributed by atoms with Gasteiger partial charge in [-0.05, 0) is 32.9 Å². The van der Waals surface area contributed by atoms with Crippen molar-refractivity contribution in [2.45, 2.75) is 38.8 Å². The minimum Gasteiger partial charge on any atom is -0.406 e. The number of amides is 1. The zero-order valence-electron chi connectivity index (χ0n) is 21.9. The number of aliphatic hydroxyl groups is 1. The van der Waals surface area contributed by atoms with Crippen molar-refractivity contribution in [3.8, 4) is 22.7 Å². The Hall–Kier alpha value is -4.26. The molecule has 1 aliphatic rings. The smallest absolute Gasteiger partial charge is 0.406 e. The first-order valence-corrected chi connectivity index (χ1v) is 12.4. The Morgan fingerprint density at radius 2 is 1.82 bits per heavy atom. The van der Waals surface area contributed by atoms with E-state index >= 15 is 4.39 Å². The molecule has 9 nitrogen and oxygen atoms in total. The second-order valence-corrected chi connectivity index (χ2v) is 10.0. The summed E-state index contributed by atoms with van der Waals surface area (Å²) in [4.78, 5) is 29.4. The number of halogens is 4. The van der Waals surface area contributed by atoms with E-state index in [2.05, 4.69) is 19.7 Å². The highest BCUT2D eigenvalue weighted by molar-refractivity contribution is 6.02. The average molecular weight is 559 g/mol. The molecular formula is C27H26F4N6O3. The van der Waals surface area contributed by atoms with Gasteiger partial charge in [0.25, 0.3) is 5.91 Å². The number of carbonyl (C=O) groups is 1. The number of alkyl halides is 3. The summed E-state index contributed by atoms with van der Waals surface area (Å²) < 4.78 is 59.2. The van der Waals surface area contributed by atoms with Crippen LogP contribution in [0.5, 0.6) is 5.75 Å². The minimum atomic E-state index is -4.89. The number of benzene rings is 1. The van der Waals surface area contributed by atoms with Crippen molar-refractivity contribution in [1.29, 1.82) is 0 Å². The fourth-order valence-corrected chi connectivity index (χ4v) is 4.88. The van der Waals surface area contributed by atoms with E-state index in [9.17, 15) is 23.1 Å². The van der Waals surface area contributed by atoms with Gasteiger partial charge in [0, 0.05) is 55.3 Å². The highest BCUT2D eigenvalue weighted by Gasteiger charge is 2.36. The molecule has 0 aliphatic carbocycles. The summed E-state index contributed by atoms with van der Waals surface area (Å²) in [5.74, 6) is -0.826. The van der Waals surface area contributed by atoms with Crippen molar-refractivity contribution in [3.05, 3.63) is 60.9 Å². The number of carbonyl (C=O) groups excluding carboxylic acids is 1. The van der Waals surface area contributed by atoms with E-state index in [1.807, 2.05) is 11.8 Å². The molecule has 1 saturated heterocycles. The maximum absolute atomic E-state index is 15.1. The lowest BCUT2D eigenvalue weighted by Gasteiger charge is -2.42. The molecule has 1 aromatic carbocycles. The first kappa shape index (κ1) is 27.3. The van der Waals surface area contributed by atoms with Gasteiger partial charge in [-0.3, -0.25) is 9.36 Å². The monoisotopic (exact) mass is 558 g/mol. The Bertz CT molecular complexity index is 1570. The minimum absolute atomic E-state index is 0.0768. The lowest BCUT2D eigenvalue weighted by Crippen LogP contribution is -2.58. The summed E-state index contributed by atoms with van der Waals surface area (Å²) in [6.07, 6.45) is -0.850. The zero-order chi connectivity index (χ0) is 28.8. The van der Waals surface area contributed by atoms with Crippen molar-refractivity contribution in [2.24, 2.45) is 0 Å². The fourth-order valence-electron chi connectivity index (χ4n) is 4.88. The van der Waals surface area contributed by atoms with Gasteiger partial charge in [-0.2, -0.15) is 0 Å². The molecule has 0 spiro atoms. The van der Waals surface area contributed by atoms with E-state index in [0.717, 1.165) is 12.1 Å². The largest absolute Gasteiger partial charge is 0.573 e. The van der Waals surface area contributed by atoms with Crippen LogP contribution in [0.15, 0.2) is 55.1 Å². The molecular weight excluding hydrogens is 532 g/mol. The lowest BCUT2D eigenvalue weighted by molar-refractivity contribution is -0.274. The van der Waals surface area contributed by atoms with Crippen LogP contribution in [0.25, 0.3) is 28.0 Å². The zero-order valence-corrected chi connectivity index (χ0v) is 21.9. The molecule has 5 rings (SSSR count). The van der Waals surface area contributed by atoms with Crippen LogP contribution in [0.1, 0.15) is 20.8 Å². The third-order valence-electron chi connectivity index (χ3n) is 6.64. The number of aromatic nitrogens is 4. The molecule has 1 unspecified atom stereocenters. The molecule has 4 aromatic rings. The predicted molar refractivity (Wildman–Crippen MR) is 138 cm³/mol. The first-order chi connectivity index (χ1) is 18.8. The average Bonchev–Trinajstić information content (AvgIpc) is 3.27. The van der Waals surface area contributed by atoms with Gasteiger partial charge in [-0.25, -0.2) is 19.3 Å². The van der Waals surface area contributed by atoms with Gasteiger partial charge in [0.15, 0.2) is 5.65 Å². The lowest BCUT2D eigenvalue weighted by atomic mass is 10.0. The summed E-state index contributed by atoms with van der Waals surface area (Å²) in [5, 5.41) is 10.7. The Labute approximate surface area is 226 Å². The Balaban J connectivity index is 1.63. The van der Waals surface area contributed by atoms with Crippen LogP contribution in [-0.2, 0) is 4.79 Å². The molecule has 4 heterocycles. The summed E-state index contributed by atoms with van der Waals surface area (Å²) in [5.41, 5.74) is -0.572. The highest BCUT2D eigenvalue weighted by Crippen LogP contribution is 2.38. The van der Waals surface area contributed by atoms with E-state index in [0.29, 0.717) is 42.0 Å². The van der Waals surface area contributed by atoms with Crippen molar-refractivity contribution in [2.75, 3.05) is 24.5 Å². The van der Waals surface area contributed by atoms with Crippen LogP contribution >= 0.6 is 0 Å². The third-order valence-corrected chi connectivity index (χ3v) is 6.64. The number of rotatable bonds is 5. The number of nitrogens with zero attached hydrogens (tertiary/aromatic N) is 6. The topological polar surface area (TPSA) is 96.6 Å². The van der Waals surface area contributed by atoms with Gasteiger partial charge in [-0.1, -0.05) is 18.2 Å². The molecule has 40 heavy (non-hydrogen) atoms. The second kappa shape index (κ2) is 10.0. The van der Waals surface area contributed by atoms with E-state index in [1.54, 1.807) is 29.3 Å². The number of hydrogen-bond donors (Lipinski definition) is 1. The quantitative estimate of drug-likeness (QED) is 0.365. The van der Waals surface area contributed by atoms with Crippen LogP contribution < -0.4 is 9.64 Å². The molecule has 1 N–H and O–H groups in total. The van der Waals surface area contributed by atoms with Crippen molar-refractivity contribution >= 4 is 22.8 Å². The number of anilines is 1. The van der Waals surface area contributed by atoms with Gasteiger partial charge in [-0.15, -0.1) is 13.2 Å². The van der Waals surface area contributed by atoms with Crippen LogP contribution in [0.4, 0.5) is 23.4 Å².